The number of aryl methyl sites for hydroxylation is 1. The standard InChI is InChI=1S/C33H33N4O5/c1-34(20-10-17-33(40)42-37-30(38)18-19-31(37)39)29-21-23(22-32-35(2)27-15-8-9-16-28(27)41-32)25-13-6-7-14-26(25)36(29)24-11-4-3-5-12-24/h3-9,11-16,21-22,30,38H,10,17-20H2,1-2H3/q+1. The molecule has 3 aromatic carbocycles. The molecular weight excluding hydrogens is 532 g/mol. The third kappa shape index (κ3) is 5.26. The minimum atomic E-state index is -1.07. The van der Waals surface area contributed by atoms with Crippen LogP contribution in [0.3, 0.4) is 0 Å². The second kappa shape index (κ2) is 11.5. The van der Waals surface area contributed by atoms with E-state index < -0.39 is 12.2 Å². The molecule has 4 aromatic rings. The van der Waals surface area contributed by atoms with Gasteiger partial charge in [0.15, 0.2) is 6.23 Å². The van der Waals surface area contributed by atoms with Crippen LogP contribution in [0.4, 0.5) is 11.4 Å². The van der Waals surface area contributed by atoms with Gasteiger partial charge < -0.3 is 19.3 Å². The van der Waals surface area contributed by atoms with Gasteiger partial charge in [0.2, 0.25) is 5.58 Å². The van der Waals surface area contributed by atoms with E-state index in [1.165, 1.54) is 0 Å². The van der Waals surface area contributed by atoms with Crippen LogP contribution in [-0.2, 0) is 21.5 Å². The number of hydrogen-bond acceptors (Lipinski definition) is 7. The fourth-order valence-electron chi connectivity index (χ4n) is 5.43. The number of nitrogens with zero attached hydrogens (tertiary/aromatic N) is 4. The summed E-state index contributed by atoms with van der Waals surface area (Å²) >= 11 is 0. The minimum Gasteiger partial charge on any atom is -0.398 e. The highest BCUT2D eigenvalue weighted by molar-refractivity contribution is 5.96. The lowest BCUT2D eigenvalue weighted by Gasteiger charge is -2.38. The number of allylic oxidation sites excluding steroid dienone is 2. The number of aromatic nitrogens is 1. The van der Waals surface area contributed by atoms with Gasteiger partial charge in [0.05, 0.1) is 11.8 Å². The normalized spacial score (nSPS) is 17.5. The van der Waals surface area contributed by atoms with Crippen molar-refractivity contribution in [3.05, 3.63) is 102 Å². The first-order valence-electron chi connectivity index (χ1n) is 14.1. The maximum Gasteiger partial charge on any atom is 0.374 e. The summed E-state index contributed by atoms with van der Waals surface area (Å²) in [6.07, 6.45) is 4.16. The van der Waals surface area contributed by atoms with Crippen LogP contribution in [0.2, 0.25) is 0 Å². The highest BCUT2D eigenvalue weighted by Crippen LogP contribution is 2.42. The average molecular weight is 566 g/mol. The van der Waals surface area contributed by atoms with Crippen LogP contribution in [0.25, 0.3) is 22.7 Å². The van der Waals surface area contributed by atoms with E-state index in [4.69, 9.17) is 9.25 Å². The molecule has 1 saturated heterocycles. The van der Waals surface area contributed by atoms with Crippen LogP contribution in [0.15, 0.2) is 95.2 Å². The van der Waals surface area contributed by atoms with Gasteiger partial charge in [-0.2, -0.15) is 4.57 Å². The number of benzene rings is 3. The molecule has 0 saturated carbocycles. The van der Waals surface area contributed by atoms with Crippen LogP contribution in [-0.4, -0.2) is 46.8 Å². The third-order valence-corrected chi connectivity index (χ3v) is 7.63. The lowest BCUT2D eigenvalue weighted by atomic mass is 9.97. The van der Waals surface area contributed by atoms with Crippen molar-refractivity contribution in [3.63, 3.8) is 0 Å². The molecule has 1 N–H and O–H groups in total. The first-order chi connectivity index (χ1) is 20.4. The summed E-state index contributed by atoms with van der Waals surface area (Å²) in [7, 11) is 3.99. The highest BCUT2D eigenvalue weighted by Gasteiger charge is 2.33. The lowest BCUT2D eigenvalue weighted by molar-refractivity contribution is -0.651. The molecule has 42 heavy (non-hydrogen) atoms. The van der Waals surface area contributed by atoms with Gasteiger partial charge in [-0.3, -0.25) is 9.69 Å². The Bertz CT molecular complexity index is 1690. The van der Waals surface area contributed by atoms with E-state index in [-0.39, 0.29) is 25.2 Å². The molecule has 9 nitrogen and oxygen atoms in total. The number of carbonyl (C=O) groups is 2. The summed E-state index contributed by atoms with van der Waals surface area (Å²) in [6, 6.07) is 26.4. The van der Waals surface area contributed by atoms with E-state index >= 15 is 0 Å². The Morgan fingerprint density at radius 2 is 1.83 bits per heavy atom. The highest BCUT2D eigenvalue weighted by atomic mass is 16.7. The Balaban J connectivity index is 1.31. The van der Waals surface area contributed by atoms with Gasteiger partial charge >= 0.3 is 11.9 Å². The largest absolute Gasteiger partial charge is 0.398 e. The Morgan fingerprint density at radius 3 is 2.60 bits per heavy atom. The third-order valence-electron chi connectivity index (χ3n) is 7.63. The summed E-state index contributed by atoms with van der Waals surface area (Å²) in [5, 5.41) is 10.7. The zero-order valence-electron chi connectivity index (χ0n) is 23.6. The van der Waals surface area contributed by atoms with Gasteiger partial charge in [0.25, 0.3) is 11.4 Å². The smallest absolute Gasteiger partial charge is 0.374 e. The number of carbonyl (C=O) groups excluding carboxylic acids is 2. The zero-order chi connectivity index (χ0) is 29.2. The summed E-state index contributed by atoms with van der Waals surface area (Å²) in [6.45, 7) is 0.550. The molecule has 2 aliphatic heterocycles. The molecule has 0 bridgehead atoms. The number of para-hydroxylation sites is 4. The van der Waals surface area contributed by atoms with Crippen LogP contribution in [0, 0.1) is 0 Å². The number of oxazole rings is 1. The summed E-state index contributed by atoms with van der Waals surface area (Å²) in [5.41, 5.74) is 5.93. The maximum atomic E-state index is 12.5. The van der Waals surface area contributed by atoms with E-state index in [2.05, 4.69) is 46.2 Å². The predicted molar refractivity (Wildman–Crippen MR) is 158 cm³/mol. The van der Waals surface area contributed by atoms with Crippen molar-refractivity contribution in [3.8, 4) is 0 Å². The SMILES string of the molecule is CN(CCCC(=O)ON1C(=O)CCC1O)C1=C/C(=C\c2oc3ccccc3[n+]2C)c2ccccc2N1c1ccccc1. The second-order valence-electron chi connectivity index (χ2n) is 10.5. The maximum absolute atomic E-state index is 12.5. The molecule has 214 valence electrons. The van der Waals surface area contributed by atoms with E-state index in [9.17, 15) is 14.7 Å². The van der Waals surface area contributed by atoms with E-state index in [0.29, 0.717) is 13.0 Å². The van der Waals surface area contributed by atoms with Crippen molar-refractivity contribution in [1.29, 1.82) is 0 Å². The Morgan fingerprint density at radius 1 is 1.10 bits per heavy atom. The predicted octanol–water partition coefficient (Wildman–Crippen LogP) is 4.90. The van der Waals surface area contributed by atoms with Crippen LogP contribution >= 0.6 is 0 Å². The Hall–Kier alpha value is -4.89. The quantitative estimate of drug-likeness (QED) is 0.304. The lowest BCUT2D eigenvalue weighted by Crippen LogP contribution is -2.36. The molecule has 1 atom stereocenters. The van der Waals surface area contributed by atoms with Crippen LogP contribution in [0.5, 0.6) is 0 Å². The second-order valence-corrected chi connectivity index (χ2v) is 10.5. The molecule has 6 rings (SSSR count). The summed E-state index contributed by atoms with van der Waals surface area (Å²) in [4.78, 5) is 33.8. The fourth-order valence-corrected chi connectivity index (χ4v) is 5.43. The van der Waals surface area contributed by atoms with Crippen molar-refractivity contribution in [1.82, 2.24) is 9.96 Å². The molecule has 1 fully saturated rings. The summed E-state index contributed by atoms with van der Waals surface area (Å²) < 4.78 is 8.26. The van der Waals surface area contributed by atoms with E-state index in [1.54, 1.807) is 0 Å². The van der Waals surface area contributed by atoms with Gasteiger partial charge in [0.1, 0.15) is 12.9 Å². The fraction of sp³-hybridized carbons (Fsp3) is 0.242. The molecule has 0 radical (unpaired) electrons. The molecular formula is C33H33N4O5+. The molecule has 1 aromatic heterocycles. The van der Waals surface area contributed by atoms with Gasteiger partial charge in [-0.25, -0.2) is 4.79 Å². The van der Waals surface area contributed by atoms with Crippen molar-refractivity contribution in [2.75, 3.05) is 18.5 Å². The zero-order valence-corrected chi connectivity index (χ0v) is 23.6. The van der Waals surface area contributed by atoms with Crippen molar-refractivity contribution >= 4 is 46.0 Å². The van der Waals surface area contributed by atoms with Gasteiger partial charge in [-0.05, 0) is 42.3 Å². The van der Waals surface area contributed by atoms with Crippen molar-refractivity contribution < 1.29 is 28.5 Å². The number of aliphatic hydroxyl groups is 1. The Kier molecular flexibility index (Phi) is 7.50. The molecule has 1 unspecified atom stereocenters. The summed E-state index contributed by atoms with van der Waals surface area (Å²) in [5.74, 6) is 0.741. The van der Waals surface area contributed by atoms with Crippen molar-refractivity contribution in [2.45, 2.75) is 31.9 Å². The number of aliphatic hydroxyl groups excluding tert-OH is 1. The molecule has 2 aliphatic rings. The number of anilines is 2. The minimum absolute atomic E-state index is 0.105. The molecule has 3 heterocycles. The van der Waals surface area contributed by atoms with Gasteiger partial charge in [-0.1, -0.05) is 48.5 Å². The molecule has 1 amide bonds. The van der Waals surface area contributed by atoms with Gasteiger partial charge in [0, 0.05) is 50.2 Å². The molecule has 9 heteroatoms. The first kappa shape index (κ1) is 27.3. The monoisotopic (exact) mass is 565 g/mol. The van der Waals surface area contributed by atoms with Crippen LogP contribution in [0.1, 0.15) is 37.1 Å². The van der Waals surface area contributed by atoms with Crippen LogP contribution < -0.4 is 9.47 Å². The van der Waals surface area contributed by atoms with E-state index in [0.717, 1.165) is 50.4 Å². The topological polar surface area (TPSA) is 90.3 Å². The van der Waals surface area contributed by atoms with Gasteiger partial charge in [-0.15, -0.1) is 5.06 Å². The molecule has 0 spiro atoms. The molecule has 0 aliphatic carbocycles. The number of amides is 1. The number of rotatable bonds is 8. The van der Waals surface area contributed by atoms with Crippen molar-refractivity contribution in [2.24, 2.45) is 7.05 Å². The number of hydrogen-bond donors (Lipinski definition) is 1. The first-order valence-corrected chi connectivity index (χ1v) is 14.1. The number of hydroxylamine groups is 2. The number of fused-ring (bicyclic) bond motifs is 2. The van der Waals surface area contributed by atoms with E-state index in [1.807, 2.05) is 73.3 Å². The average Bonchev–Trinajstić information content (AvgIpc) is 3.50. The Labute approximate surface area is 244 Å².